The lowest BCUT2D eigenvalue weighted by Crippen LogP contribution is -2.43. The van der Waals surface area contributed by atoms with Crippen LogP contribution >= 0.6 is 0 Å². The quantitative estimate of drug-likeness (QED) is 0.815. The fraction of sp³-hybridized carbons (Fsp3) is 0.579. The number of hydrogen-bond donors (Lipinski definition) is 1. The minimum absolute atomic E-state index is 0.00153. The molecular formula is C19H25FN2O2. The van der Waals surface area contributed by atoms with Crippen LogP contribution in [0.15, 0.2) is 24.3 Å². The Morgan fingerprint density at radius 2 is 2.04 bits per heavy atom. The Kier molecular flexibility index (Phi) is 5.17. The highest BCUT2D eigenvalue weighted by Gasteiger charge is 2.42. The van der Waals surface area contributed by atoms with Gasteiger partial charge < -0.3 is 10.2 Å². The molecule has 0 bridgehead atoms. The van der Waals surface area contributed by atoms with Crippen LogP contribution in [0.3, 0.4) is 0 Å². The largest absolute Gasteiger partial charge is 0.355 e. The first kappa shape index (κ1) is 16.9. The lowest BCUT2D eigenvalue weighted by Gasteiger charge is -2.28. The first-order chi connectivity index (χ1) is 11.6. The van der Waals surface area contributed by atoms with Crippen LogP contribution in [-0.2, 0) is 15.0 Å². The SMILES string of the molecule is O=C1CCCN1CCCNC(=O)C1(c2cccc(F)c2)CCCC1. The van der Waals surface area contributed by atoms with Gasteiger partial charge >= 0.3 is 0 Å². The molecule has 0 unspecified atom stereocenters. The maximum Gasteiger partial charge on any atom is 0.230 e. The Labute approximate surface area is 142 Å². The van der Waals surface area contributed by atoms with Gasteiger partial charge in [0.15, 0.2) is 0 Å². The zero-order chi connectivity index (χ0) is 17.0. The second-order valence-corrected chi connectivity index (χ2v) is 6.89. The van der Waals surface area contributed by atoms with Crippen molar-refractivity contribution < 1.29 is 14.0 Å². The van der Waals surface area contributed by atoms with Gasteiger partial charge in [0, 0.05) is 26.1 Å². The molecule has 24 heavy (non-hydrogen) atoms. The van der Waals surface area contributed by atoms with Crippen molar-refractivity contribution in [2.45, 2.75) is 50.4 Å². The van der Waals surface area contributed by atoms with Gasteiger partial charge in [-0.25, -0.2) is 4.39 Å². The molecule has 1 aromatic carbocycles. The van der Waals surface area contributed by atoms with E-state index in [1.165, 1.54) is 12.1 Å². The fourth-order valence-corrected chi connectivity index (χ4v) is 3.99. The van der Waals surface area contributed by atoms with Crippen molar-refractivity contribution in [1.29, 1.82) is 0 Å². The van der Waals surface area contributed by atoms with E-state index in [0.717, 1.165) is 50.6 Å². The number of benzene rings is 1. The van der Waals surface area contributed by atoms with Crippen LogP contribution in [0.25, 0.3) is 0 Å². The number of nitrogens with zero attached hydrogens (tertiary/aromatic N) is 1. The number of hydrogen-bond acceptors (Lipinski definition) is 2. The molecule has 0 spiro atoms. The predicted octanol–water partition coefficient (Wildman–Crippen LogP) is 2.77. The number of carbonyl (C=O) groups is 2. The average Bonchev–Trinajstić information content (AvgIpc) is 3.21. The van der Waals surface area contributed by atoms with E-state index >= 15 is 0 Å². The number of nitrogens with one attached hydrogen (secondary N) is 1. The summed E-state index contributed by atoms with van der Waals surface area (Å²) in [5, 5.41) is 3.02. The van der Waals surface area contributed by atoms with E-state index < -0.39 is 5.41 Å². The van der Waals surface area contributed by atoms with Crippen LogP contribution < -0.4 is 5.32 Å². The minimum atomic E-state index is -0.592. The highest BCUT2D eigenvalue weighted by Crippen LogP contribution is 2.41. The molecular weight excluding hydrogens is 307 g/mol. The van der Waals surface area contributed by atoms with Gasteiger partial charge in [-0.3, -0.25) is 9.59 Å². The molecule has 5 heteroatoms. The molecule has 2 amide bonds. The Morgan fingerprint density at radius 3 is 2.71 bits per heavy atom. The van der Waals surface area contributed by atoms with Gasteiger partial charge in [-0.1, -0.05) is 25.0 Å². The Morgan fingerprint density at radius 1 is 1.25 bits per heavy atom. The number of carbonyl (C=O) groups excluding carboxylic acids is 2. The van der Waals surface area contributed by atoms with Crippen molar-refractivity contribution >= 4 is 11.8 Å². The molecule has 1 aliphatic carbocycles. The van der Waals surface area contributed by atoms with Gasteiger partial charge in [0.25, 0.3) is 0 Å². The normalized spacial score (nSPS) is 19.7. The summed E-state index contributed by atoms with van der Waals surface area (Å²) in [6.07, 6.45) is 5.87. The van der Waals surface area contributed by atoms with Crippen LogP contribution in [0.2, 0.25) is 0 Å². The molecule has 1 saturated heterocycles. The van der Waals surface area contributed by atoms with Crippen molar-refractivity contribution in [3.63, 3.8) is 0 Å². The summed E-state index contributed by atoms with van der Waals surface area (Å²) in [4.78, 5) is 26.3. The maximum absolute atomic E-state index is 13.6. The molecule has 1 saturated carbocycles. The zero-order valence-electron chi connectivity index (χ0n) is 14.0. The van der Waals surface area contributed by atoms with Crippen LogP contribution in [0.5, 0.6) is 0 Å². The molecule has 2 aliphatic rings. The summed E-state index contributed by atoms with van der Waals surface area (Å²) in [5.74, 6) is -0.0779. The Hall–Kier alpha value is -1.91. The molecule has 1 N–H and O–H groups in total. The molecule has 1 heterocycles. The van der Waals surface area contributed by atoms with Crippen LogP contribution in [0.4, 0.5) is 4.39 Å². The van der Waals surface area contributed by atoms with E-state index in [0.29, 0.717) is 19.5 Å². The molecule has 0 atom stereocenters. The standard InChI is InChI=1S/C19H25FN2O2/c20-16-7-3-6-15(14-16)19(9-1-2-10-19)18(24)21-11-5-13-22-12-4-8-17(22)23/h3,6-7,14H,1-2,4-5,8-13H2,(H,21,24). The lowest BCUT2D eigenvalue weighted by atomic mass is 9.78. The van der Waals surface area contributed by atoms with Gasteiger partial charge in [0.1, 0.15) is 5.82 Å². The van der Waals surface area contributed by atoms with E-state index in [1.54, 1.807) is 6.07 Å². The smallest absolute Gasteiger partial charge is 0.230 e. The predicted molar refractivity (Wildman–Crippen MR) is 90.0 cm³/mol. The topological polar surface area (TPSA) is 49.4 Å². The summed E-state index contributed by atoms with van der Waals surface area (Å²) in [5.41, 5.74) is 0.193. The van der Waals surface area contributed by atoms with E-state index in [4.69, 9.17) is 0 Å². The molecule has 1 aliphatic heterocycles. The second kappa shape index (κ2) is 7.32. The molecule has 0 radical (unpaired) electrons. The second-order valence-electron chi connectivity index (χ2n) is 6.89. The molecule has 1 aromatic rings. The molecule has 4 nitrogen and oxygen atoms in total. The van der Waals surface area contributed by atoms with Crippen LogP contribution in [0, 0.1) is 5.82 Å². The molecule has 3 rings (SSSR count). The van der Waals surface area contributed by atoms with Gasteiger partial charge in [-0.05, 0) is 43.4 Å². The van der Waals surface area contributed by atoms with Crippen molar-refractivity contribution in [3.05, 3.63) is 35.6 Å². The summed E-state index contributed by atoms with van der Waals surface area (Å²) >= 11 is 0. The number of likely N-dealkylation sites (tertiary alicyclic amines) is 1. The van der Waals surface area contributed by atoms with Gasteiger partial charge in [-0.2, -0.15) is 0 Å². The number of rotatable bonds is 6. The van der Waals surface area contributed by atoms with Crippen LogP contribution in [-0.4, -0.2) is 36.3 Å². The molecule has 2 fully saturated rings. The van der Waals surface area contributed by atoms with Crippen molar-refractivity contribution in [2.75, 3.05) is 19.6 Å². The monoisotopic (exact) mass is 332 g/mol. The van der Waals surface area contributed by atoms with Crippen molar-refractivity contribution in [3.8, 4) is 0 Å². The third-order valence-corrected chi connectivity index (χ3v) is 5.33. The number of amides is 2. The molecule has 0 aromatic heterocycles. The zero-order valence-corrected chi connectivity index (χ0v) is 14.0. The van der Waals surface area contributed by atoms with E-state index in [1.807, 2.05) is 11.0 Å². The third kappa shape index (κ3) is 3.45. The highest BCUT2D eigenvalue weighted by atomic mass is 19.1. The first-order valence-electron chi connectivity index (χ1n) is 8.94. The summed E-state index contributed by atoms with van der Waals surface area (Å²) < 4.78 is 13.6. The van der Waals surface area contributed by atoms with E-state index in [-0.39, 0.29) is 17.6 Å². The van der Waals surface area contributed by atoms with E-state index in [9.17, 15) is 14.0 Å². The Bertz CT molecular complexity index is 611. The van der Waals surface area contributed by atoms with Crippen LogP contribution in [0.1, 0.15) is 50.5 Å². The summed E-state index contributed by atoms with van der Waals surface area (Å²) in [6.45, 7) is 2.09. The molecule has 130 valence electrons. The highest BCUT2D eigenvalue weighted by molar-refractivity contribution is 5.88. The van der Waals surface area contributed by atoms with Gasteiger partial charge in [-0.15, -0.1) is 0 Å². The fourth-order valence-electron chi connectivity index (χ4n) is 3.99. The van der Waals surface area contributed by atoms with Crippen molar-refractivity contribution in [2.24, 2.45) is 0 Å². The summed E-state index contributed by atoms with van der Waals surface area (Å²) in [6, 6.07) is 6.44. The van der Waals surface area contributed by atoms with Gasteiger partial charge in [0.05, 0.1) is 5.41 Å². The van der Waals surface area contributed by atoms with Crippen molar-refractivity contribution in [1.82, 2.24) is 10.2 Å². The maximum atomic E-state index is 13.6. The average molecular weight is 332 g/mol. The van der Waals surface area contributed by atoms with Gasteiger partial charge in [0.2, 0.25) is 11.8 Å². The third-order valence-electron chi connectivity index (χ3n) is 5.33. The minimum Gasteiger partial charge on any atom is -0.355 e. The Balaban J connectivity index is 1.58. The first-order valence-corrected chi connectivity index (χ1v) is 8.94. The number of halogens is 1. The lowest BCUT2D eigenvalue weighted by molar-refractivity contribution is -0.127. The van der Waals surface area contributed by atoms with E-state index in [2.05, 4.69) is 5.32 Å². The summed E-state index contributed by atoms with van der Waals surface area (Å²) in [7, 11) is 0.